The quantitative estimate of drug-likeness (QED) is 0.659. The highest BCUT2D eigenvalue weighted by molar-refractivity contribution is 5.91. The molecule has 0 aliphatic heterocycles. The lowest BCUT2D eigenvalue weighted by Crippen LogP contribution is -2.58. The molecule has 6 heteroatoms. The molecule has 0 heterocycles. The van der Waals surface area contributed by atoms with Crippen LogP contribution in [0.25, 0.3) is 0 Å². The van der Waals surface area contributed by atoms with Gasteiger partial charge in [0.2, 0.25) is 0 Å². The number of ketones is 2. The van der Waals surface area contributed by atoms with Crippen LogP contribution < -0.4 is 0 Å². The minimum atomic E-state index is -1.02. The van der Waals surface area contributed by atoms with Crippen molar-refractivity contribution in [3.8, 4) is 0 Å². The first kappa shape index (κ1) is 22.2. The van der Waals surface area contributed by atoms with Gasteiger partial charge in [-0.1, -0.05) is 19.4 Å². The normalized spacial score (nSPS) is 41.5. The van der Waals surface area contributed by atoms with Crippen molar-refractivity contribution in [3.63, 3.8) is 0 Å². The SMILES string of the molecule is CC(=O)[C@H]1CC[C@H]2[C@@H]3CCC4=CC(=O)CC[C@]4(C)[C@H]3[C@@H](OC(=O)CCC(=O)O)C[C@]12C. The van der Waals surface area contributed by atoms with Gasteiger partial charge in [-0.25, -0.2) is 0 Å². The molecule has 0 saturated heterocycles. The van der Waals surface area contributed by atoms with E-state index in [1.165, 1.54) is 5.57 Å². The second kappa shape index (κ2) is 7.86. The second-order valence-electron chi connectivity index (χ2n) is 10.8. The third-order valence-corrected chi connectivity index (χ3v) is 9.19. The van der Waals surface area contributed by atoms with Gasteiger partial charge in [0.1, 0.15) is 11.9 Å². The molecule has 4 rings (SSSR count). The molecule has 0 aromatic heterocycles. The monoisotopic (exact) mass is 430 g/mol. The van der Waals surface area contributed by atoms with Crippen LogP contribution in [0.3, 0.4) is 0 Å². The topological polar surface area (TPSA) is 97.7 Å². The van der Waals surface area contributed by atoms with E-state index < -0.39 is 11.9 Å². The Kier molecular flexibility index (Phi) is 5.63. The Labute approximate surface area is 183 Å². The van der Waals surface area contributed by atoms with Crippen molar-refractivity contribution in [2.75, 3.05) is 0 Å². The number of aliphatic carboxylic acids is 1. The highest BCUT2D eigenvalue weighted by atomic mass is 16.5. The Morgan fingerprint density at radius 1 is 1.13 bits per heavy atom. The van der Waals surface area contributed by atoms with Crippen LogP contribution >= 0.6 is 0 Å². The lowest BCUT2D eigenvalue weighted by Gasteiger charge is -2.60. The van der Waals surface area contributed by atoms with E-state index in [-0.39, 0.29) is 53.2 Å². The molecule has 4 aliphatic carbocycles. The molecule has 0 aromatic rings. The van der Waals surface area contributed by atoms with Crippen LogP contribution in [-0.4, -0.2) is 34.7 Å². The Hall–Kier alpha value is -1.98. The van der Waals surface area contributed by atoms with Crippen LogP contribution in [0.4, 0.5) is 0 Å². The van der Waals surface area contributed by atoms with Crippen molar-refractivity contribution in [2.45, 2.75) is 84.7 Å². The standard InChI is InChI=1S/C25H34O6/c1-14(26)18-6-7-19-17-5-4-15-12-16(27)10-11-24(15,2)23(17)20(13-25(18,19)3)31-22(30)9-8-21(28)29/h12,17-20,23H,4-11,13H2,1-3H3,(H,28,29)/t17-,18+,19-,20-,23+,24-,25+/m0/s1. The predicted octanol–water partition coefficient (Wildman–Crippen LogP) is 4.11. The fraction of sp³-hybridized carbons (Fsp3) is 0.760. The maximum absolute atomic E-state index is 12.6. The molecule has 0 aromatic carbocycles. The molecule has 0 unspecified atom stereocenters. The van der Waals surface area contributed by atoms with Crippen molar-refractivity contribution in [1.29, 1.82) is 0 Å². The smallest absolute Gasteiger partial charge is 0.306 e. The number of carbonyl (C=O) groups is 4. The summed E-state index contributed by atoms with van der Waals surface area (Å²) < 4.78 is 6.03. The van der Waals surface area contributed by atoms with Gasteiger partial charge in [0.15, 0.2) is 5.78 Å². The molecule has 6 nitrogen and oxygen atoms in total. The van der Waals surface area contributed by atoms with Crippen molar-refractivity contribution < 1.29 is 29.0 Å². The largest absolute Gasteiger partial charge is 0.481 e. The molecule has 1 N–H and O–H groups in total. The van der Waals surface area contributed by atoms with Crippen LogP contribution in [0.5, 0.6) is 0 Å². The Morgan fingerprint density at radius 2 is 1.87 bits per heavy atom. The average molecular weight is 431 g/mol. The zero-order valence-corrected chi connectivity index (χ0v) is 18.8. The first-order chi connectivity index (χ1) is 14.6. The molecule has 170 valence electrons. The molecule has 0 bridgehead atoms. The summed E-state index contributed by atoms with van der Waals surface area (Å²) in [5, 5.41) is 8.95. The molecule has 31 heavy (non-hydrogen) atoms. The number of carboxylic acids is 1. The number of carboxylic acid groups (broad SMARTS) is 1. The van der Waals surface area contributed by atoms with Crippen molar-refractivity contribution in [1.82, 2.24) is 0 Å². The lowest BCUT2D eigenvalue weighted by atomic mass is 9.46. The van der Waals surface area contributed by atoms with Crippen molar-refractivity contribution >= 4 is 23.5 Å². The third-order valence-electron chi connectivity index (χ3n) is 9.19. The molecule has 0 radical (unpaired) electrons. The van der Waals surface area contributed by atoms with Crippen molar-refractivity contribution in [3.05, 3.63) is 11.6 Å². The fourth-order valence-electron chi connectivity index (χ4n) is 7.87. The molecule has 3 fully saturated rings. The van der Waals surface area contributed by atoms with Gasteiger partial charge in [-0.05, 0) is 74.2 Å². The first-order valence-electron chi connectivity index (χ1n) is 11.7. The molecular formula is C25H34O6. The summed E-state index contributed by atoms with van der Waals surface area (Å²) in [4.78, 5) is 48.1. The summed E-state index contributed by atoms with van der Waals surface area (Å²) in [6.07, 6.45) is 6.75. The van der Waals surface area contributed by atoms with E-state index in [0.29, 0.717) is 24.7 Å². The van der Waals surface area contributed by atoms with Gasteiger partial charge in [-0.2, -0.15) is 0 Å². The van der Waals surface area contributed by atoms with Gasteiger partial charge < -0.3 is 9.84 Å². The van der Waals surface area contributed by atoms with E-state index in [2.05, 4.69) is 13.8 Å². The van der Waals surface area contributed by atoms with Gasteiger partial charge in [-0.3, -0.25) is 19.2 Å². The summed E-state index contributed by atoms with van der Waals surface area (Å²) in [6, 6.07) is 0. The maximum Gasteiger partial charge on any atom is 0.306 e. The zero-order chi connectivity index (χ0) is 22.6. The number of Topliss-reactive ketones (excluding diaryl/α,β-unsaturated/α-hetero) is 1. The first-order valence-corrected chi connectivity index (χ1v) is 11.7. The minimum Gasteiger partial charge on any atom is -0.481 e. The van der Waals surface area contributed by atoms with Crippen molar-refractivity contribution in [2.24, 2.45) is 34.5 Å². The summed E-state index contributed by atoms with van der Waals surface area (Å²) >= 11 is 0. The second-order valence-corrected chi connectivity index (χ2v) is 10.8. The number of fused-ring (bicyclic) bond motifs is 5. The number of rotatable bonds is 5. The number of ether oxygens (including phenoxy) is 1. The van der Waals surface area contributed by atoms with Gasteiger partial charge in [0, 0.05) is 18.3 Å². The third kappa shape index (κ3) is 3.66. The van der Waals surface area contributed by atoms with Gasteiger partial charge in [-0.15, -0.1) is 0 Å². The van der Waals surface area contributed by atoms with E-state index in [1.54, 1.807) is 6.92 Å². The Balaban J connectivity index is 1.70. The number of allylic oxidation sites excluding steroid dienone is 1. The van der Waals surface area contributed by atoms with Gasteiger partial charge in [0.05, 0.1) is 12.8 Å². The summed E-state index contributed by atoms with van der Waals surface area (Å²) in [7, 11) is 0. The number of carbonyl (C=O) groups excluding carboxylic acids is 3. The summed E-state index contributed by atoms with van der Waals surface area (Å²) in [6.45, 7) is 6.09. The molecule has 3 saturated carbocycles. The zero-order valence-electron chi connectivity index (χ0n) is 18.8. The molecular weight excluding hydrogens is 396 g/mol. The number of hydrogen-bond donors (Lipinski definition) is 1. The highest BCUT2D eigenvalue weighted by Gasteiger charge is 2.63. The fourth-order valence-corrected chi connectivity index (χ4v) is 7.87. The van der Waals surface area contributed by atoms with E-state index >= 15 is 0 Å². The summed E-state index contributed by atoms with van der Waals surface area (Å²) in [5.41, 5.74) is 0.790. The molecule has 0 spiro atoms. The number of hydrogen-bond acceptors (Lipinski definition) is 5. The van der Waals surface area contributed by atoms with Crippen LogP contribution in [0, 0.1) is 34.5 Å². The van der Waals surface area contributed by atoms with Crippen LogP contribution in [0.15, 0.2) is 11.6 Å². The molecule has 0 amide bonds. The van der Waals surface area contributed by atoms with E-state index in [1.807, 2.05) is 6.08 Å². The van der Waals surface area contributed by atoms with Crippen LogP contribution in [-0.2, 0) is 23.9 Å². The van der Waals surface area contributed by atoms with Crippen LogP contribution in [0.2, 0.25) is 0 Å². The molecule has 4 aliphatic rings. The maximum atomic E-state index is 12.6. The van der Waals surface area contributed by atoms with Gasteiger partial charge in [0.25, 0.3) is 0 Å². The summed E-state index contributed by atoms with van der Waals surface area (Å²) in [5.74, 6) is -0.248. The average Bonchev–Trinajstić information content (AvgIpc) is 3.03. The van der Waals surface area contributed by atoms with E-state index in [0.717, 1.165) is 32.1 Å². The Morgan fingerprint density at radius 3 is 2.55 bits per heavy atom. The highest BCUT2D eigenvalue weighted by Crippen LogP contribution is 2.67. The Bertz CT molecular complexity index is 843. The number of esters is 1. The van der Waals surface area contributed by atoms with E-state index in [4.69, 9.17) is 9.84 Å². The predicted molar refractivity (Wildman–Crippen MR) is 113 cm³/mol. The minimum absolute atomic E-state index is 0.0173. The van der Waals surface area contributed by atoms with Crippen LogP contribution in [0.1, 0.15) is 78.6 Å². The van der Waals surface area contributed by atoms with E-state index in [9.17, 15) is 19.2 Å². The van der Waals surface area contributed by atoms with Gasteiger partial charge >= 0.3 is 11.9 Å². The molecule has 7 atom stereocenters. The lowest BCUT2D eigenvalue weighted by molar-refractivity contribution is -0.178.